The molecular weight excluding hydrogens is 326 g/mol. The molecule has 0 unspecified atom stereocenters. The first-order chi connectivity index (χ1) is 12.7. The molecule has 1 heterocycles. The van der Waals surface area contributed by atoms with E-state index in [2.05, 4.69) is 28.4 Å². The molecule has 2 atom stereocenters. The van der Waals surface area contributed by atoms with Gasteiger partial charge < -0.3 is 15.8 Å². The number of nitrogens with zero attached hydrogens (tertiary/aromatic N) is 1. The molecule has 0 saturated carbocycles. The molecule has 0 radical (unpaired) electrons. The number of piperidine rings is 1. The van der Waals surface area contributed by atoms with Crippen LogP contribution in [0.5, 0.6) is 5.75 Å². The second-order valence-corrected chi connectivity index (χ2v) is 6.73. The fourth-order valence-electron chi connectivity index (χ4n) is 3.84. The van der Waals surface area contributed by atoms with Crippen LogP contribution in [0.15, 0.2) is 54.6 Å². The predicted molar refractivity (Wildman–Crippen MR) is 103 cm³/mol. The number of hydrogen-bond acceptors (Lipinski definition) is 4. The van der Waals surface area contributed by atoms with Gasteiger partial charge in [-0.05, 0) is 31.0 Å². The van der Waals surface area contributed by atoms with Crippen LogP contribution in [0.1, 0.15) is 30.0 Å². The van der Waals surface area contributed by atoms with E-state index in [1.54, 1.807) is 7.11 Å². The molecule has 0 spiro atoms. The summed E-state index contributed by atoms with van der Waals surface area (Å²) in [6.45, 7) is 1.89. The van der Waals surface area contributed by atoms with Gasteiger partial charge in [0.25, 0.3) is 0 Å². The van der Waals surface area contributed by atoms with Gasteiger partial charge in [-0.25, -0.2) is 0 Å². The van der Waals surface area contributed by atoms with E-state index in [4.69, 9.17) is 10.5 Å². The van der Waals surface area contributed by atoms with Crippen LogP contribution >= 0.6 is 0 Å². The Morgan fingerprint density at radius 1 is 1.19 bits per heavy atom. The number of primary amides is 1. The molecular formula is C21H27N3O2. The Morgan fingerprint density at radius 2 is 1.92 bits per heavy atom. The average molecular weight is 353 g/mol. The number of para-hydroxylation sites is 1. The molecule has 1 fully saturated rings. The van der Waals surface area contributed by atoms with Crippen LogP contribution in [0, 0.1) is 0 Å². The van der Waals surface area contributed by atoms with E-state index in [9.17, 15) is 4.79 Å². The third-order valence-electron chi connectivity index (χ3n) is 4.98. The van der Waals surface area contributed by atoms with Crippen LogP contribution in [0.4, 0.5) is 0 Å². The minimum absolute atomic E-state index is 0.132. The first-order valence-electron chi connectivity index (χ1n) is 9.11. The normalized spacial score (nSPS) is 20.7. The first kappa shape index (κ1) is 18.4. The van der Waals surface area contributed by atoms with Gasteiger partial charge in [0.1, 0.15) is 5.75 Å². The van der Waals surface area contributed by atoms with Gasteiger partial charge in [-0.2, -0.15) is 0 Å². The summed E-state index contributed by atoms with van der Waals surface area (Å²) in [5.41, 5.74) is 7.84. The van der Waals surface area contributed by atoms with Gasteiger partial charge >= 0.3 is 0 Å². The summed E-state index contributed by atoms with van der Waals surface area (Å²) < 4.78 is 5.46. The average Bonchev–Trinajstić information content (AvgIpc) is 2.67. The quantitative estimate of drug-likeness (QED) is 0.802. The van der Waals surface area contributed by atoms with Gasteiger partial charge in [-0.15, -0.1) is 0 Å². The number of nitrogens with one attached hydrogen (secondary N) is 1. The van der Waals surface area contributed by atoms with Crippen LogP contribution in [-0.4, -0.2) is 37.0 Å². The van der Waals surface area contributed by atoms with E-state index < -0.39 is 0 Å². The summed E-state index contributed by atoms with van der Waals surface area (Å²) in [7, 11) is 1.70. The molecule has 1 aliphatic heterocycles. The van der Waals surface area contributed by atoms with E-state index in [0.29, 0.717) is 0 Å². The molecule has 26 heavy (non-hydrogen) atoms. The largest absolute Gasteiger partial charge is 0.496 e. The van der Waals surface area contributed by atoms with Crippen molar-refractivity contribution in [2.45, 2.75) is 31.5 Å². The van der Waals surface area contributed by atoms with Crippen molar-refractivity contribution in [1.29, 1.82) is 0 Å². The molecule has 0 bridgehead atoms. The van der Waals surface area contributed by atoms with Crippen LogP contribution in [0.25, 0.3) is 0 Å². The zero-order chi connectivity index (χ0) is 18.4. The number of nitrogens with two attached hydrogens (primary N) is 1. The molecule has 3 N–H and O–H groups in total. The number of methoxy groups -OCH3 is 1. The fraction of sp³-hybridized carbons (Fsp3) is 0.381. The number of rotatable bonds is 7. The molecule has 3 rings (SSSR count). The van der Waals surface area contributed by atoms with Crippen molar-refractivity contribution in [2.24, 2.45) is 5.73 Å². The maximum atomic E-state index is 11.6. The minimum Gasteiger partial charge on any atom is -0.496 e. The number of carbonyl (C=O) groups is 1. The Kier molecular flexibility index (Phi) is 6.26. The second kappa shape index (κ2) is 8.83. The molecule has 1 saturated heterocycles. The Hall–Kier alpha value is -2.37. The number of hydrogen-bond donors (Lipinski definition) is 2. The Bertz CT molecular complexity index is 720. The summed E-state index contributed by atoms with van der Waals surface area (Å²) in [4.78, 5) is 13.8. The molecule has 0 aliphatic carbocycles. The molecule has 2 aromatic carbocycles. The lowest BCUT2D eigenvalue weighted by molar-refractivity contribution is -0.120. The molecule has 1 aliphatic rings. The van der Waals surface area contributed by atoms with Gasteiger partial charge in [0.2, 0.25) is 5.91 Å². The van der Waals surface area contributed by atoms with Crippen LogP contribution in [-0.2, 0) is 11.3 Å². The van der Waals surface area contributed by atoms with Gasteiger partial charge in [-0.3, -0.25) is 9.69 Å². The van der Waals surface area contributed by atoms with Gasteiger partial charge in [0.15, 0.2) is 0 Å². The summed E-state index contributed by atoms with van der Waals surface area (Å²) in [6.07, 6.45) is 2.10. The fourth-order valence-corrected chi connectivity index (χ4v) is 3.84. The van der Waals surface area contributed by atoms with E-state index in [-0.39, 0.29) is 24.5 Å². The topological polar surface area (TPSA) is 67.6 Å². The monoisotopic (exact) mass is 353 g/mol. The first-order valence-corrected chi connectivity index (χ1v) is 9.11. The van der Waals surface area contributed by atoms with Crippen molar-refractivity contribution in [3.63, 3.8) is 0 Å². The molecule has 2 aromatic rings. The van der Waals surface area contributed by atoms with E-state index in [1.165, 1.54) is 5.56 Å². The van der Waals surface area contributed by atoms with E-state index in [0.717, 1.165) is 37.2 Å². The number of amides is 1. The van der Waals surface area contributed by atoms with Gasteiger partial charge in [0.05, 0.1) is 19.7 Å². The smallest absolute Gasteiger partial charge is 0.231 e. The zero-order valence-electron chi connectivity index (χ0n) is 15.2. The highest BCUT2D eigenvalue weighted by Gasteiger charge is 2.33. The van der Waals surface area contributed by atoms with Crippen molar-refractivity contribution in [3.8, 4) is 5.75 Å². The third kappa shape index (κ3) is 4.42. The van der Waals surface area contributed by atoms with E-state index in [1.807, 2.05) is 36.4 Å². The lowest BCUT2D eigenvalue weighted by atomic mass is 9.90. The van der Waals surface area contributed by atoms with Crippen molar-refractivity contribution in [3.05, 3.63) is 65.7 Å². The highest BCUT2D eigenvalue weighted by Crippen LogP contribution is 2.31. The van der Waals surface area contributed by atoms with Crippen molar-refractivity contribution < 1.29 is 9.53 Å². The summed E-state index contributed by atoms with van der Waals surface area (Å²) in [5.74, 6) is 0.609. The number of likely N-dealkylation sites (tertiary alicyclic amines) is 1. The molecule has 5 nitrogen and oxygen atoms in total. The highest BCUT2D eigenvalue weighted by molar-refractivity contribution is 5.76. The third-order valence-corrected chi connectivity index (χ3v) is 4.98. The van der Waals surface area contributed by atoms with Crippen LogP contribution < -0.4 is 15.8 Å². The Labute approximate surface area is 155 Å². The summed E-state index contributed by atoms with van der Waals surface area (Å²) in [5, 5.41) is 3.69. The maximum Gasteiger partial charge on any atom is 0.231 e. The molecule has 1 amide bonds. The molecule has 5 heteroatoms. The Morgan fingerprint density at radius 3 is 2.65 bits per heavy atom. The SMILES string of the molecule is COc1ccccc1CN[C@H]1CCCN(CC(N)=O)[C@H]1c1ccccc1. The van der Waals surface area contributed by atoms with E-state index >= 15 is 0 Å². The molecule has 138 valence electrons. The zero-order valence-corrected chi connectivity index (χ0v) is 15.2. The predicted octanol–water partition coefficient (Wildman–Crippen LogP) is 2.48. The highest BCUT2D eigenvalue weighted by atomic mass is 16.5. The van der Waals surface area contributed by atoms with Crippen molar-refractivity contribution in [2.75, 3.05) is 20.2 Å². The summed E-state index contributed by atoms with van der Waals surface area (Å²) >= 11 is 0. The standard InChI is InChI=1S/C21H27N3O2/c1-26-19-12-6-5-10-17(19)14-23-18-11-7-13-24(15-20(22)25)21(18)16-8-3-2-4-9-16/h2-6,8-10,12,18,21,23H,7,11,13-15H2,1H3,(H2,22,25)/t18-,21-/m0/s1. The number of benzene rings is 2. The number of carbonyl (C=O) groups excluding carboxylic acids is 1. The maximum absolute atomic E-state index is 11.6. The van der Waals surface area contributed by atoms with Gasteiger partial charge in [-0.1, -0.05) is 48.5 Å². The lowest BCUT2D eigenvalue weighted by Gasteiger charge is -2.41. The Balaban J connectivity index is 1.79. The lowest BCUT2D eigenvalue weighted by Crippen LogP contribution is -2.50. The van der Waals surface area contributed by atoms with Crippen LogP contribution in [0.2, 0.25) is 0 Å². The van der Waals surface area contributed by atoms with Crippen molar-refractivity contribution in [1.82, 2.24) is 10.2 Å². The van der Waals surface area contributed by atoms with Crippen molar-refractivity contribution >= 4 is 5.91 Å². The molecule has 0 aromatic heterocycles. The summed E-state index contributed by atoms with van der Waals surface area (Å²) in [6, 6.07) is 18.8. The second-order valence-electron chi connectivity index (χ2n) is 6.73. The van der Waals surface area contributed by atoms with Crippen LogP contribution in [0.3, 0.4) is 0 Å². The minimum atomic E-state index is -0.281. The number of ether oxygens (including phenoxy) is 1. The van der Waals surface area contributed by atoms with Gasteiger partial charge in [0, 0.05) is 18.2 Å².